The van der Waals surface area contributed by atoms with Crippen LogP contribution in [0.5, 0.6) is 0 Å². The van der Waals surface area contributed by atoms with E-state index < -0.39 is 17.2 Å². The number of nitrogens with zero attached hydrogens (tertiary/aromatic N) is 4. The molecule has 0 bridgehead atoms. The molecule has 1 aromatic heterocycles. The summed E-state index contributed by atoms with van der Waals surface area (Å²) in [5, 5.41) is 9.56. The van der Waals surface area contributed by atoms with E-state index in [-0.39, 0.29) is 17.0 Å². The summed E-state index contributed by atoms with van der Waals surface area (Å²) in [4.78, 5) is 30.7. The normalized spacial score (nSPS) is 16.7. The SMILES string of the molecule is CN(C)c1ccc(CN2CCN(c3cc4c(cc3F)c(=O)c(C(=O)O)cn4C3CC3)CC2)cc1. The van der Waals surface area contributed by atoms with Gasteiger partial charge in [0, 0.05) is 70.1 Å². The largest absolute Gasteiger partial charge is 0.477 e. The molecule has 3 aromatic rings. The van der Waals surface area contributed by atoms with Crippen LogP contribution in [0.2, 0.25) is 0 Å². The highest BCUT2D eigenvalue weighted by atomic mass is 19.1. The van der Waals surface area contributed by atoms with Gasteiger partial charge < -0.3 is 19.5 Å². The molecule has 2 heterocycles. The van der Waals surface area contributed by atoms with Gasteiger partial charge in [0.25, 0.3) is 0 Å². The lowest BCUT2D eigenvalue weighted by Crippen LogP contribution is -2.46. The van der Waals surface area contributed by atoms with Gasteiger partial charge in [0.15, 0.2) is 0 Å². The smallest absolute Gasteiger partial charge is 0.341 e. The summed E-state index contributed by atoms with van der Waals surface area (Å²) in [7, 11) is 4.05. The molecule has 0 atom stereocenters. The Morgan fingerprint density at radius 3 is 2.35 bits per heavy atom. The molecule has 34 heavy (non-hydrogen) atoms. The quantitative estimate of drug-likeness (QED) is 0.602. The topological polar surface area (TPSA) is 69.0 Å². The predicted molar refractivity (Wildman–Crippen MR) is 132 cm³/mol. The average molecular weight is 465 g/mol. The molecule has 1 saturated heterocycles. The number of hydrogen-bond acceptors (Lipinski definition) is 5. The lowest BCUT2D eigenvalue weighted by Gasteiger charge is -2.36. The van der Waals surface area contributed by atoms with Gasteiger partial charge >= 0.3 is 5.97 Å². The summed E-state index contributed by atoms with van der Waals surface area (Å²) in [6.45, 7) is 3.82. The molecule has 7 nitrogen and oxygen atoms in total. The highest BCUT2D eigenvalue weighted by molar-refractivity contribution is 5.93. The number of fused-ring (bicyclic) bond motifs is 1. The third-order valence-electron chi connectivity index (χ3n) is 6.84. The summed E-state index contributed by atoms with van der Waals surface area (Å²) in [6.07, 6.45) is 3.28. The molecule has 1 aliphatic heterocycles. The zero-order chi connectivity index (χ0) is 24.0. The zero-order valence-electron chi connectivity index (χ0n) is 19.5. The number of carbonyl (C=O) groups is 1. The minimum absolute atomic E-state index is 0.132. The van der Waals surface area contributed by atoms with Crippen LogP contribution in [-0.2, 0) is 6.54 Å². The van der Waals surface area contributed by atoms with Crippen molar-refractivity contribution >= 4 is 28.2 Å². The van der Waals surface area contributed by atoms with Gasteiger partial charge in [0.2, 0.25) is 5.43 Å². The second-order valence-corrected chi connectivity index (χ2v) is 9.46. The van der Waals surface area contributed by atoms with Crippen LogP contribution >= 0.6 is 0 Å². The minimum Gasteiger partial charge on any atom is -0.477 e. The molecule has 2 fully saturated rings. The van der Waals surface area contributed by atoms with Gasteiger partial charge in [-0.05, 0) is 42.7 Å². The molecule has 0 radical (unpaired) electrons. The number of carboxylic acids is 1. The number of carboxylic acid groups (broad SMARTS) is 1. The molecular weight excluding hydrogens is 435 g/mol. The molecule has 2 aliphatic rings. The van der Waals surface area contributed by atoms with E-state index in [2.05, 4.69) is 34.1 Å². The summed E-state index contributed by atoms with van der Waals surface area (Å²) in [5.74, 6) is -1.76. The van der Waals surface area contributed by atoms with E-state index in [0.29, 0.717) is 24.3 Å². The maximum atomic E-state index is 15.2. The van der Waals surface area contributed by atoms with Gasteiger partial charge in [-0.25, -0.2) is 9.18 Å². The van der Waals surface area contributed by atoms with E-state index in [0.717, 1.165) is 32.5 Å². The number of aromatic carboxylic acids is 1. The van der Waals surface area contributed by atoms with Crippen LogP contribution in [0.15, 0.2) is 47.4 Å². The number of hydrogen-bond donors (Lipinski definition) is 1. The summed E-state index contributed by atoms with van der Waals surface area (Å²) >= 11 is 0. The highest BCUT2D eigenvalue weighted by Crippen LogP contribution is 2.38. The van der Waals surface area contributed by atoms with E-state index in [4.69, 9.17) is 0 Å². The van der Waals surface area contributed by atoms with E-state index in [9.17, 15) is 14.7 Å². The number of benzene rings is 2. The maximum absolute atomic E-state index is 15.2. The Kier molecular flexibility index (Phi) is 5.77. The Labute approximate surface area is 197 Å². The van der Waals surface area contributed by atoms with Crippen molar-refractivity contribution in [2.24, 2.45) is 0 Å². The van der Waals surface area contributed by atoms with Crippen molar-refractivity contribution in [2.45, 2.75) is 25.4 Å². The third-order valence-corrected chi connectivity index (χ3v) is 6.84. The molecule has 1 aliphatic carbocycles. The van der Waals surface area contributed by atoms with Crippen molar-refractivity contribution < 1.29 is 14.3 Å². The Balaban J connectivity index is 1.36. The fraction of sp³-hybridized carbons (Fsp3) is 0.385. The molecular formula is C26H29FN4O3. The van der Waals surface area contributed by atoms with E-state index in [1.807, 2.05) is 23.6 Å². The second-order valence-electron chi connectivity index (χ2n) is 9.46. The molecule has 0 amide bonds. The molecule has 0 unspecified atom stereocenters. The van der Waals surface area contributed by atoms with Crippen molar-refractivity contribution in [3.63, 3.8) is 0 Å². The fourth-order valence-electron chi connectivity index (χ4n) is 4.71. The molecule has 2 aromatic carbocycles. The van der Waals surface area contributed by atoms with Gasteiger partial charge in [0.1, 0.15) is 11.4 Å². The Morgan fingerprint density at radius 2 is 1.76 bits per heavy atom. The van der Waals surface area contributed by atoms with Crippen LogP contribution in [0.1, 0.15) is 34.8 Å². The van der Waals surface area contributed by atoms with Crippen molar-refractivity contribution in [1.82, 2.24) is 9.47 Å². The maximum Gasteiger partial charge on any atom is 0.341 e. The lowest BCUT2D eigenvalue weighted by molar-refractivity contribution is 0.0695. The van der Waals surface area contributed by atoms with Crippen LogP contribution in [0.4, 0.5) is 15.8 Å². The Hall–Kier alpha value is -3.39. The van der Waals surface area contributed by atoms with Crippen molar-refractivity contribution in [3.8, 4) is 0 Å². The first kappa shape index (κ1) is 22.4. The van der Waals surface area contributed by atoms with Gasteiger partial charge in [0.05, 0.1) is 11.2 Å². The monoisotopic (exact) mass is 464 g/mol. The number of halogens is 1. The zero-order valence-corrected chi connectivity index (χ0v) is 19.5. The number of pyridine rings is 1. The number of aromatic nitrogens is 1. The minimum atomic E-state index is -1.28. The van der Waals surface area contributed by atoms with Gasteiger partial charge in [-0.3, -0.25) is 9.69 Å². The number of piperazine rings is 1. The van der Waals surface area contributed by atoms with Gasteiger partial charge in [-0.1, -0.05) is 12.1 Å². The average Bonchev–Trinajstić information content (AvgIpc) is 3.65. The summed E-state index contributed by atoms with van der Waals surface area (Å²) < 4.78 is 17.0. The first-order valence-electron chi connectivity index (χ1n) is 11.7. The Morgan fingerprint density at radius 1 is 1.09 bits per heavy atom. The van der Waals surface area contributed by atoms with Crippen molar-refractivity contribution in [3.05, 3.63) is 69.8 Å². The first-order valence-corrected chi connectivity index (χ1v) is 11.7. The van der Waals surface area contributed by atoms with Crippen LogP contribution < -0.4 is 15.2 Å². The predicted octanol–water partition coefficient (Wildman–Crippen LogP) is 3.56. The summed E-state index contributed by atoms with van der Waals surface area (Å²) in [5.41, 5.74) is 2.56. The second kappa shape index (κ2) is 8.76. The van der Waals surface area contributed by atoms with Crippen LogP contribution in [0.3, 0.4) is 0 Å². The Bertz CT molecular complexity index is 1290. The van der Waals surface area contributed by atoms with E-state index in [1.54, 1.807) is 6.07 Å². The van der Waals surface area contributed by atoms with Gasteiger partial charge in [-0.2, -0.15) is 0 Å². The van der Waals surface area contributed by atoms with Crippen LogP contribution in [-0.4, -0.2) is 60.8 Å². The lowest BCUT2D eigenvalue weighted by atomic mass is 10.1. The fourth-order valence-corrected chi connectivity index (χ4v) is 4.71. The summed E-state index contributed by atoms with van der Waals surface area (Å²) in [6, 6.07) is 11.6. The third kappa shape index (κ3) is 4.25. The molecule has 1 N–H and O–H groups in total. The first-order chi connectivity index (χ1) is 16.3. The van der Waals surface area contributed by atoms with Gasteiger partial charge in [-0.15, -0.1) is 0 Å². The molecule has 8 heteroatoms. The van der Waals surface area contributed by atoms with Crippen LogP contribution in [0.25, 0.3) is 10.9 Å². The standard InChI is InChI=1S/C26H29FN4O3/c1-28(2)18-5-3-17(4-6-18)15-29-9-11-30(12-10-29)24-14-23-20(13-22(24)27)25(32)21(26(33)34)16-31(23)19-7-8-19/h3-6,13-14,16,19H,7-12,15H2,1-2H3,(H,33,34). The van der Waals surface area contributed by atoms with E-state index in [1.165, 1.54) is 23.5 Å². The van der Waals surface area contributed by atoms with Crippen molar-refractivity contribution in [2.75, 3.05) is 50.1 Å². The molecule has 0 spiro atoms. The highest BCUT2D eigenvalue weighted by Gasteiger charge is 2.28. The van der Waals surface area contributed by atoms with Crippen LogP contribution in [0, 0.1) is 5.82 Å². The molecule has 178 valence electrons. The molecule has 5 rings (SSSR count). The van der Waals surface area contributed by atoms with E-state index >= 15 is 4.39 Å². The number of rotatable bonds is 6. The van der Waals surface area contributed by atoms with Crippen molar-refractivity contribution in [1.29, 1.82) is 0 Å². The molecule has 1 saturated carbocycles. The number of anilines is 2.